The summed E-state index contributed by atoms with van der Waals surface area (Å²) in [4.78, 5) is 34.0. The van der Waals surface area contributed by atoms with Crippen LogP contribution in [-0.4, -0.2) is 17.7 Å². The van der Waals surface area contributed by atoms with Crippen LogP contribution in [0.1, 0.15) is 24.5 Å². The Balaban J connectivity index is 3.56. The highest BCUT2D eigenvalue weighted by Gasteiger charge is 2.38. The third-order valence-electron chi connectivity index (χ3n) is 3.17. The number of hydrogen-bond donors (Lipinski definition) is 0. The van der Waals surface area contributed by atoms with Crippen molar-refractivity contribution in [3.63, 3.8) is 0 Å². The fourth-order valence-corrected chi connectivity index (χ4v) is 2.08. The molecule has 0 radical (unpaired) electrons. The average Bonchev–Trinajstić information content (AvgIpc) is 2.35. The predicted octanol–water partition coefficient (Wildman–Crippen LogP) is -0.732. The minimum absolute atomic E-state index is 0.132. The molecule has 1 rings (SSSR count). The van der Waals surface area contributed by atoms with Gasteiger partial charge >= 0.3 is 0 Å². The first-order chi connectivity index (χ1) is 9.21. The van der Waals surface area contributed by atoms with Gasteiger partial charge in [0.25, 0.3) is 0 Å². The second kappa shape index (κ2) is 5.69. The topological polar surface area (TPSA) is 97.3 Å². The van der Waals surface area contributed by atoms with Crippen molar-refractivity contribution < 1.29 is 24.6 Å². The van der Waals surface area contributed by atoms with Gasteiger partial charge in [0.1, 0.15) is 5.78 Å². The second-order valence-corrected chi connectivity index (χ2v) is 4.70. The molecule has 0 aliphatic carbocycles. The molecular formula is C15H14O5-2. The minimum atomic E-state index is -2.11. The number of Topliss-reactive ketones (excluding diaryl/α,β-unsaturated/α-hetero) is 1. The normalized spacial score (nSPS) is 13.3. The Kier molecular flexibility index (Phi) is 4.45. The fourth-order valence-electron chi connectivity index (χ4n) is 2.08. The molecule has 0 heterocycles. The van der Waals surface area contributed by atoms with Crippen LogP contribution >= 0.6 is 0 Å². The molecule has 1 aromatic carbocycles. The van der Waals surface area contributed by atoms with Gasteiger partial charge in [-0.1, -0.05) is 36.4 Å². The van der Waals surface area contributed by atoms with E-state index in [1.165, 1.54) is 19.1 Å². The summed E-state index contributed by atoms with van der Waals surface area (Å²) in [5.41, 5.74) is -1.81. The van der Waals surface area contributed by atoms with Crippen molar-refractivity contribution in [1.29, 1.82) is 0 Å². The Morgan fingerprint density at radius 1 is 1.15 bits per heavy atom. The molecule has 0 saturated heterocycles. The third-order valence-corrected chi connectivity index (χ3v) is 3.17. The predicted molar refractivity (Wildman–Crippen MR) is 67.3 cm³/mol. The summed E-state index contributed by atoms with van der Waals surface area (Å²) < 4.78 is 0. The Hall–Kier alpha value is -2.43. The molecule has 0 N–H and O–H groups in total. The lowest BCUT2D eigenvalue weighted by molar-refractivity contribution is -0.317. The summed E-state index contributed by atoms with van der Waals surface area (Å²) >= 11 is 0. The summed E-state index contributed by atoms with van der Waals surface area (Å²) in [5, 5.41) is 22.6. The van der Waals surface area contributed by atoms with Gasteiger partial charge in [-0.05, 0) is 25.0 Å². The number of carboxylic acid groups (broad SMARTS) is 2. The highest BCUT2D eigenvalue weighted by Crippen LogP contribution is 2.35. The van der Waals surface area contributed by atoms with Crippen LogP contribution in [0.5, 0.6) is 0 Å². The molecule has 0 fully saturated rings. The summed E-state index contributed by atoms with van der Waals surface area (Å²) in [5.74, 6) is -3.90. The van der Waals surface area contributed by atoms with Crippen LogP contribution < -0.4 is 10.2 Å². The molecule has 106 valence electrons. The van der Waals surface area contributed by atoms with Gasteiger partial charge < -0.3 is 19.8 Å². The van der Waals surface area contributed by atoms with Gasteiger partial charge in [-0.3, -0.25) is 4.79 Å². The zero-order chi connectivity index (χ0) is 15.5. The first-order valence-electron chi connectivity index (χ1n) is 5.90. The van der Waals surface area contributed by atoms with Crippen LogP contribution in [0.3, 0.4) is 0 Å². The van der Waals surface area contributed by atoms with Crippen LogP contribution in [0.25, 0.3) is 0 Å². The van der Waals surface area contributed by atoms with Gasteiger partial charge in [-0.2, -0.15) is 0 Å². The zero-order valence-electron chi connectivity index (χ0n) is 11.3. The van der Waals surface area contributed by atoms with Crippen LogP contribution in [0.2, 0.25) is 0 Å². The molecule has 0 bridgehead atoms. The molecule has 0 aliphatic heterocycles. The lowest BCUT2D eigenvalue weighted by atomic mass is 9.71. The first-order valence-corrected chi connectivity index (χ1v) is 5.90. The van der Waals surface area contributed by atoms with E-state index in [4.69, 9.17) is 0 Å². The zero-order valence-corrected chi connectivity index (χ0v) is 11.3. The number of rotatable bonds is 6. The monoisotopic (exact) mass is 274 g/mol. The number of aryl methyl sites for hydroxylation is 1. The highest BCUT2D eigenvalue weighted by atomic mass is 16.4. The molecule has 5 heteroatoms. The number of ketones is 1. The van der Waals surface area contributed by atoms with E-state index in [-0.39, 0.29) is 5.56 Å². The fraction of sp³-hybridized carbons (Fsp3) is 0.267. The van der Waals surface area contributed by atoms with Crippen molar-refractivity contribution in [2.45, 2.75) is 25.7 Å². The minimum Gasteiger partial charge on any atom is -0.549 e. The quantitative estimate of drug-likeness (QED) is 0.637. The van der Waals surface area contributed by atoms with E-state index < -0.39 is 35.1 Å². The number of carbonyl (C=O) groups excluding carboxylic acids is 3. The Morgan fingerprint density at radius 3 is 2.00 bits per heavy atom. The Morgan fingerprint density at radius 2 is 1.65 bits per heavy atom. The van der Waals surface area contributed by atoms with E-state index in [0.717, 1.165) is 5.56 Å². The van der Waals surface area contributed by atoms with Crippen molar-refractivity contribution in [2.24, 2.45) is 0 Å². The first kappa shape index (κ1) is 15.6. The van der Waals surface area contributed by atoms with E-state index in [0.29, 0.717) is 0 Å². The summed E-state index contributed by atoms with van der Waals surface area (Å²) in [6.45, 7) is 6.23. The largest absolute Gasteiger partial charge is 0.549 e. The molecule has 0 saturated carbocycles. The number of benzene rings is 1. The average molecular weight is 274 g/mol. The van der Waals surface area contributed by atoms with Crippen molar-refractivity contribution in [2.75, 3.05) is 0 Å². The molecule has 20 heavy (non-hydrogen) atoms. The van der Waals surface area contributed by atoms with Crippen molar-refractivity contribution in [3.8, 4) is 0 Å². The Labute approximate surface area is 116 Å². The van der Waals surface area contributed by atoms with Crippen LogP contribution in [0.15, 0.2) is 36.4 Å². The van der Waals surface area contributed by atoms with Gasteiger partial charge in [-0.15, -0.1) is 0 Å². The van der Waals surface area contributed by atoms with E-state index >= 15 is 0 Å². The number of carbonyl (C=O) groups is 3. The van der Waals surface area contributed by atoms with Crippen molar-refractivity contribution in [1.82, 2.24) is 0 Å². The number of hydrogen-bond acceptors (Lipinski definition) is 5. The summed E-state index contributed by atoms with van der Waals surface area (Å²) in [7, 11) is 0. The standard InChI is InChI=1S/C15H16O5/c1-9-4-6-12(7-5-9)15(14(19)20,8-10(2)16)11(3)13(17)18/h4-7H,3,8H2,1-2H3,(H,17,18)(H,19,20)/p-2. The van der Waals surface area contributed by atoms with Crippen LogP contribution in [0, 0.1) is 6.92 Å². The molecule has 1 atom stereocenters. The summed E-state index contributed by atoms with van der Waals surface area (Å²) in [6, 6.07) is 6.13. The number of carboxylic acids is 2. The lowest BCUT2D eigenvalue weighted by Gasteiger charge is -2.37. The molecular weight excluding hydrogens is 260 g/mol. The molecule has 0 amide bonds. The maximum Gasteiger partial charge on any atom is 0.131 e. The Bertz CT molecular complexity index is 570. The maximum absolute atomic E-state index is 11.6. The van der Waals surface area contributed by atoms with Gasteiger partial charge in [0.15, 0.2) is 0 Å². The van der Waals surface area contributed by atoms with Crippen LogP contribution in [0.4, 0.5) is 0 Å². The van der Waals surface area contributed by atoms with Crippen LogP contribution in [-0.2, 0) is 19.8 Å². The molecule has 5 nitrogen and oxygen atoms in total. The van der Waals surface area contributed by atoms with Crippen molar-refractivity contribution in [3.05, 3.63) is 47.5 Å². The third kappa shape index (κ3) is 2.77. The highest BCUT2D eigenvalue weighted by molar-refractivity contribution is 6.01. The second-order valence-electron chi connectivity index (χ2n) is 4.70. The van der Waals surface area contributed by atoms with E-state index in [1.54, 1.807) is 19.1 Å². The van der Waals surface area contributed by atoms with E-state index in [2.05, 4.69) is 6.58 Å². The van der Waals surface area contributed by atoms with E-state index in [9.17, 15) is 24.6 Å². The smallest absolute Gasteiger partial charge is 0.131 e. The summed E-state index contributed by atoms with van der Waals surface area (Å²) in [6.07, 6.45) is -0.550. The molecule has 0 spiro atoms. The SMILES string of the molecule is C=C(C(=O)[O-])C(CC(C)=O)(C(=O)[O-])c1ccc(C)cc1. The van der Waals surface area contributed by atoms with Gasteiger partial charge in [-0.25, -0.2) is 0 Å². The van der Waals surface area contributed by atoms with Gasteiger partial charge in [0.05, 0.1) is 17.4 Å². The number of aliphatic carboxylic acids is 2. The molecule has 0 aromatic heterocycles. The molecule has 0 aliphatic rings. The molecule has 1 aromatic rings. The van der Waals surface area contributed by atoms with Gasteiger partial charge in [0.2, 0.25) is 0 Å². The molecule has 1 unspecified atom stereocenters. The van der Waals surface area contributed by atoms with Crippen molar-refractivity contribution >= 4 is 17.7 Å². The van der Waals surface area contributed by atoms with Gasteiger partial charge in [0, 0.05) is 6.42 Å². The maximum atomic E-state index is 11.6. The van der Waals surface area contributed by atoms with E-state index in [1.807, 2.05) is 0 Å². The lowest BCUT2D eigenvalue weighted by Crippen LogP contribution is -2.51.